The Kier molecular flexibility index (Phi) is 3.30. The van der Waals surface area contributed by atoms with Gasteiger partial charge in [0.05, 0.1) is 6.54 Å². The maximum absolute atomic E-state index is 9.24. The van der Waals surface area contributed by atoms with Gasteiger partial charge in [0.1, 0.15) is 17.5 Å². The number of anilines is 2. The lowest BCUT2D eigenvalue weighted by molar-refractivity contribution is 0.697. The van der Waals surface area contributed by atoms with E-state index in [2.05, 4.69) is 16.5 Å². The van der Waals surface area contributed by atoms with Gasteiger partial charge in [-0.3, -0.25) is 0 Å². The van der Waals surface area contributed by atoms with E-state index in [4.69, 9.17) is 5.73 Å². The number of rotatable bonds is 5. The first-order valence-electron chi connectivity index (χ1n) is 6.82. The van der Waals surface area contributed by atoms with Crippen molar-refractivity contribution < 1.29 is 0 Å². The van der Waals surface area contributed by atoms with E-state index in [0.717, 1.165) is 18.0 Å². The third-order valence-corrected chi connectivity index (χ3v) is 3.53. The van der Waals surface area contributed by atoms with Crippen molar-refractivity contribution in [3.63, 3.8) is 0 Å². The van der Waals surface area contributed by atoms with Crippen LogP contribution in [0.1, 0.15) is 24.0 Å². The molecule has 3 rings (SSSR count). The number of nitriles is 1. The molecule has 0 bridgehead atoms. The van der Waals surface area contributed by atoms with Crippen molar-refractivity contribution in [2.75, 3.05) is 17.6 Å². The Morgan fingerprint density at radius 1 is 1.35 bits per heavy atom. The smallest absolute Gasteiger partial charge is 0.168 e. The lowest BCUT2D eigenvalue weighted by Crippen LogP contribution is -2.07. The van der Waals surface area contributed by atoms with Gasteiger partial charge in [0, 0.05) is 6.54 Å². The predicted molar refractivity (Wildman–Crippen MR) is 78.1 cm³/mol. The highest BCUT2D eigenvalue weighted by Crippen LogP contribution is 2.30. The van der Waals surface area contributed by atoms with Gasteiger partial charge in [0.2, 0.25) is 0 Å². The molecule has 102 valence electrons. The Labute approximate surface area is 118 Å². The summed E-state index contributed by atoms with van der Waals surface area (Å²) in [5.74, 6) is 1.75. The molecule has 1 aliphatic carbocycles. The van der Waals surface area contributed by atoms with Crippen LogP contribution in [0.25, 0.3) is 0 Å². The molecule has 0 unspecified atom stereocenters. The molecule has 2 aromatic rings. The molecular formula is C15H17N5. The summed E-state index contributed by atoms with van der Waals surface area (Å²) in [4.78, 5) is 0. The summed E-state index contributed by atoms with van der Waals surface area (Å²) in [7, 11) is 0. The van der Waals surface area contributed by atoms with Crippen LogP contribution in [0.5, 0.6) is 0 Å². The molecule has 1 heterocycles. The van der Waals surface area contributed by atoms with Gasteiger partial charge in [-0.25, -0.2) is 4.68 Å². The van der Waals surface area contributed by atoms with Crippen LogP contribution >= 0.6 is 0 Å². The van der Waals surface area contributed by atoms with Crippen molar-refractivity contribution in [3.05, 3.63) is 41.5 Å². The lowest BCUT2D eigenvalue weighted by Gasteiger charge is -2.03. The fourth-order valence-electron chi connectivity index (χ4n) is 2.15. The van der Waals surface area contributed by atoms with Gasteiger partial charge >= 0.3 is 0 Å². The molecular weight excluding hydrogens is 250 g/mol. The van der Waals surface area contributed by atoms with Crippen LogP contribution in [-0.4, -0.2) is 16.3 Å². The van der Waals surface area contributed by atoms with Crippen LogP contribution in [0.15, 0.2) is 30.3 Å². The first-order chi connectivity index (χ1) is 9.78. The zero-order valence-corrected chi connectivity index (χ0v) is 11.2. The van der Waals surface area contributed by atoms with Gasteiger partial charge in [-0.2, -0.15) is 10.4 Å². The van der Waals surface area contributed by atoms with Crippen molar-refractivity contribution >= 4 is 11.6 Å². The van der Waals surface area contributed by atoms with E-state index in [-0.39, 0.29) is 0 Å². The molecule has 5 heteroatoms. The fourth-order valence-corrected chi connectivity index (χ4v) is 2.15. The van der Waals surface area contributed by atoms with E-state index in [1.54, 1.807) is 4.68 Å². The van der Waals surface area contributed by atoms with E-state index in [0.29, 0.717) is 23.7 Å². The summed E-state index contributed by atoms with van der Waals surface area (Å²) in [5, 5.41) is 16.9. The lowest BCUT2D eigenvalue weighted by atomic mass is 10.2. The van der Waals surface area contributed by atoms with E-state index >= 15 is 0 Å². The summed E-state index contributed by atoms with van der Waals surface area (Å²) in [6.07, 6.45) is 2.52. The van der Waals surface area contributed by atoms with Gasteiger partial charge in [0.25, 0.3) is 0 Å². The van der Waals surface area contributed by atoms with Gasteiger partial charge in [0.15, 0.2) is 5.82 Å². The number of hydrogen-bond acceptors (Lipinski definition) is 4. The van der Waals surface area contributed by atoms with Crippen molar-refractivity contribution in [2.45, 2.75) is 19.4 Å². The maximum Gasteiger partial charge on any atom is 0.168 e. The molecule has 3 N–H and O–H groups in total. The Hall–Kier alpha value is -2.48. The highest BCUT2D eigenvalue weighted by Gasteiger charge is 2.23. The number of aromatic nitrogens is 2. The predicted octanol–water partition coefficient (Wildman–Crippen LogP) is 2.21. The van der Waals surface area contributed by atoms with Crippen LogP contribution in [0, 0.1) is 17.2 Å². The number of nitrogen functional groups attached to an aromatic ring is 1. The SMILES string of the molecule is N#Cc1c(NCC2CC2)nn(Cc2ccccc2)c1N. The van der Waals surface area contributed by atoms with Crippen LogP contribution in [0.3, 0.4) is 0 Å². The summed E-state index contributed by atoms with van der Waals surface area (Å²) in [6, 6.07) is 12.1. The molecule has 0 atom stereocenters. The minimum Gasteiger partial charge on any atom is -0.383 e. The second-order valence-electron chi connectivity index (χ2n) is 5.19. The number of nitrogens with two attached hydrogens (primary N) is 1. The Morgan fingerprint density at radius 2 is 2.10 bits per heavy atom. The first kappa shape index (κ1) is 12.5. The highest BCUT2D eigenvalue weighted by molar-refractivity contribution is 5.63. The van der Waals surface area contributed by atoms with Crippen LogP contribution in [-0.2, 0) is 6.54 Å². The van der Waals surface area contributed by atoms with E-state index < -0.39 is 0 Å². The van der Waals surface area contributed by atoms with Gasteiger partial charge in [-0.1, -0.05) is 30.3 Å². The van der Waals surface area contributed by atoms with E-state index in [9.17, 15) is 5.26 Å². The molecule has 0 radical (unpaired) electrons. The average molecular weight is 267 g/mol. The van der Waals surface area contributed by atoms with Gasteiger partial charge < -0.3 is 11.1 Å². The number of benzene rings is 1. The van der Waals surface area contributed by atoms with Crippen molar-refractivity contribution in [1.82, 2.24) is 9.78 Å². The maximum atomic E-state index is 9.24. The molecule has 0 amide bonds. The number of nitrogens with one attached hydrogen (secondary N) is 1. The van der Waals surface area contributed by atoms with Gasteiger partial charge in [-0.15, -0.1) is 0 Å². The summed E-state index contributed by atoms with van der Waals surface area (Å²) < 4.78 is 1.68. The Bertz CT molecular complexity index is 634. The summed E-state index contributed by atoms with van der Waals surface area (Å²) in [6.45, 7) is 1.45. The molecule has 1 aromatic heterocycles. The second-order valence-corrected chi connectivity index (χ2v) is 5.19. The van der Waals surface area contributed by atoms with Crippen LogP contribution < -0.4 is 11.1 Å². The van der Waals surface area contributed by atoms with Crippen molar-refractivity contribution in [2.24, 2.45) is 5.92 Å². The Balaban J connectivity index is 1.81. The summed E-state index contributed by atoms with van der Waals surface area (Å²) >= 11 is 0. The van der Waals surface area contributed by atoms with Crippen molar-refractivity contribution in [1.29, 1.82) is 5.26 Å². The molecule has 1 aliphatic rings. The number of nitrogens with zero attached hydrogens (tertiary/aromatic N) is 3. The normalized spacial score (nSPS) is 13.9. The molecule has 0 spiro atoms. The largest absolute Gasteiger partial charge is 0.383 e. The third kappa shape index (κ3) is 2.59. The average Bonchev–Trinajstić information content (AvgIpc) is 3.25. The zero-order valence-electron chi connectivity index (χ0n) is 11.2. The molecule has 5 nitrogen and oxygen atoms in total. The second kappa shape index (κ2) is 5.25. The number of hydrogen-bond donors (Lipinski definition) is 2. The highest BCUT2D eigenvalue weighted by atomic mass is 15.3. The van der Waals surface area contributed by atoms with E-state index in [1.807, 2.05) is 30.3 Å². The van der Waals surface area contributed by atoms with Gasteiger partial charge in [-0.05, 0) is 24.3 Å². The molecule has 20 heavy (non-hydrogen) atoms. The standard InChI is InChI=1S/C15H17N5/c16-8-13-14(17)20(10-12-4-2-1-3-5-12)19-15(13)18-9-11-6-7-11/h1-5,11H,6-7,9-10,17H2,(H,18,19). The van der Waals surface area contributed by atoms with Crippen molar-refractivity contribution in [3.8, 4) is 6.07 Å². The molecule has 1 saturated carbocycles. The minimum absolute atomic E-state index is 0.426. The minimum atomic E-state index is 0.426. The quantitative estimate of drug-likeness (QED) is 0.870. The summed E-state index contributed by atoms with van der Waals surface area (Å²) in [5.41, 5.74) is 7.58. The molecule has 0 saturated heterocycles. The molecule has 1 aromatic carbocycles. The molecule has 0 aliphatic heterocycles. The van der Waals surface area contributed by atoms with Crippen LogP contribution in [0.2, 0.25) is 0 Å². The van der Waals surface area contributed by atoms with Crippen LogP contribution in [0.4, 0.5) is 11.6 Å². The molecule has 1 fully saturated rings. The van der Waals surface area contributed by atoms with E-state index in [1.165, 1.54) is 12.8 Å². The monoisotopic (exact) mass is 267 g/mol. The Morgan fingerprint density at radius 3 is 2.75 bits per heavy atom. The fraction of sp³-hybridized carbons (Fsp3) is 0.333. The third-order valence-electron chi connectivity index (χ3n) is 3.53. The zero-order chi connectivity index (χ0) is 13.9. The first-order valence-corrected chi connectivity index (χ1v) is 6.82. The topological polar surface area (TPSA) is 79.7 Å².